The van der Waals surface area contributed by atoms with Crippen molar-refractivity contribution >= 4 is 11.6 Å². The van der Waals surface area contributed by atoms with E-state index < -0.39 is 5.56 Å². The predicted molar refractivity (Wildman–Crippen MR) is 84.7 cm³/mol. The topological polar surface area (TPSA) is 74.9 Å². The van der Waals surface area contributed by atoms with Crippen LogP contribution in [0.1, 0.15) is 22.4 Å². The maximum absolute atomic E-state index is 12.2. The molecule has 0 atom stereocenters. The van der Waals surface area contributed by atoms with Crippen LogP contribution in [0.25, 0.3) is 0 Å². The quantitative estimate of drug-likeness (QED) is 0.944. The van der Waals surface area contributed by atoms with Gasteiger partial charge in [0.1, 0.15) is 18.2 Å². The van der Waals surface area contributed by atoms with Gasteiger partial charge in [-0.1, -0.05) is 17.7 Å². The Morgan fingerprint density at radius 2 is 1.95 bits per heavy atom. The van der Waals surface area contributed by atoms with Crippen LogP contribution in [-0.4, -0.2) is 10.5 Å². The summed E-state index contributed by atoms with van der Waals surface area (Å²) in [7, 11) is 0. The van der Waals surface area contributed by atoms with Gasteiger partial charge in [0.15, 0.2) is 0 Å². The van der Waals surface area contributed by atoms with Gasteiger partial charge < -0.3 is 9.88 Å². The van der Waals surface area contributed by atoms with Gasteiger partial charge in [-0.05, 0) is 44.5 Å². The Hall–Kier alpha value is -2.87. The first kappa shape index (κ1) is 15.5. The number of nitrogens with one attached hydrogen (secondary N) is 1. The molecule has 0 fully saturated rings. The van der Waals surface area contributed by atoms with Crippen molar-refractivity contribution in [1.29, 1.82) is 5.26 Å². The molecule has 0 aliphatic heterocycles. The molecular formula is C17H17N3O2. The van der Waals surface area contributed by atoms with Crippen LogP contribution in [0, 0.1) is 32.1 Å². The minimum Gasteiger partial charge on any atom is -0.324 e. The molecule has 1 N–H and O–H groups in total. The van der Waals surface area contributed by atoms with E-state index in [1.165, 1.54) is 10.6 Å². The third kappa shape index (κ3) is 3.23. The molecule has 0 aliphatic rings. The molecule has 0 radical (unpaired) electrons. The van der Waals surface area contributed by atoms with Crippen molar-refractivity contribution in [1.82, 2.24) is 4.57 Å². The number of hydrogen-bond donors (Lipinski definition) is 1. The van der Waals surface area contributed by atoms with Crippen LogP contribution in [0.2, 0.25) is 0 Å². The molecular weight excluding hydrogens is 278 g/mol. The normalized spacial score (nSPS) is 10.1. The Morgan fingerprint density at radius 3 is 2.59 bits per heavy atom. The molecule has 0 spiro atoms. The fourth-order valence-corrected chi connectivity index (χ4v) is 2.24. The number of benzene rings is 1. The molecule has 5 heteroatoms. The van der Waals surface area contributed by atoms with E-state index in [0.717, 1.165) is 16.8 Å². The number of aromatic nitrogens is 1. The average molecular weight is 295 g/mol. The molecule has 5 nitrogen and oxygen atoms in total. The standard InChI is InChI=1S/C17H17N3O2/c1-11-4-7-15(12(2)8-11)19-16(21)10-20-13(3)5-6-14(9-18)17(20)22/h4-8H,10H2,1-3H3,(H,19,21). The van der Waals surface area contributed by atoms with Gasteiger partial charge in [-0.15, -0.1) is 0 Å². The van der Waals surface area contributed by atoms with Gasteiger partial charge in [-0.2, -0.15) is 5.26 Å². The zero-order valence-corrected chi connectivity index (χ0v) is 12.8. The number of carbonyl (C=O) groups excluding carboxylic acids is 1. The lowest BCUT2D eigenvalue weighted by Crippen LogP contribution is -2.30. The van der Waals surface area contributed by atoms with Crippen LogP contribution >= 0.6 is 0 Å². The molecule has 2 rings (SSSR count). The Bertz CT molecular complexity index is 829. The van der Waals surface area contributed by atoms with Crippen molar-refractivity contribution in [2.24, 2.45) is 0 Å². The second kappa shape index (κ2) is 6.27. The fraction of sp³-hybridized carbons (Fsp3) is 0.235. The number of carbonyl (C=O) groups is 1. The van der Waals surface area contributed by atoms with Gasteiger partial charge in [0, 0.05) is 11.4 Å². The molecule has 1 heterocycles. The summed E-state index contributed by atoms with van der Waals surface area (Å²) in [5, 5.41) is 11.7. The second-order valence-corrected chi connectivity index (χ2v) is 5.26. The van der Waals surface area contributed by atoms with Crippen molar-refractivity contribution in [2.45, 2.75) is 27.3 Å². The molecule has 0 bridgehead atoms. The first-order valence-electron chi connectivity index (χ1n) is 6.90. The summed E-state index contributed by atoms with van der Waals surface area (Å²) >= 11 is 0. The van der Waals surface area contributed by atoms with Gasteiger partial charge in [0.25, 0.3) is 5.56 Å². The third-order valence-corrected chi connectivity index (χ3v) is 3.47. The smallest absolute Gasteiger partial charge is 0.269 e. The molecule has 0 saturated carbocycles. The lowest BCUT2D eigenvalue weighted by atomic mass is 10.1. The number of pyridine rings is 1. The molecule has 1 amide bonds. The van der Waals surface area contributed by atoms with Gasteiger partial charge in [0.2, 0.25) is 5.91 Å². The molecule has 0 unspecified atom stereocenters. The highest BCUT2D eigenvalue weighted by Crippen LogP contribution is 2.16. The largest absolute Gasteiger partial charge is 0.324 e. The van der Waals surface area contributed by atoms with Crippen molar-refractivity contribution in [2.75, 3.05) is 5.32 Å². The van der Waals surface area contributed by atoms with E-state index in [-0.39, 0.29) is 18.0 Å². The first-order chi connectivity index (χ1) is 10.4. The SMILES string of the molecule is Cc1ccc(NC(=O)Cn2c(C)ccc(C#N)c2=O)c(C)c1. The van der Waals surface area contributed by atoms with E-state index in [1.807, 2.05) is 38.1 Å². The van der Waals surface area contributed by atoms with Crippen LogP contribution < -0.4 is 10.9 Å². The van der Waals surface area contributed by atoms with Crippen molar-refractivity contribution in [3.63, 3.8) is 0 Å². The van der Waals surface area contributed by atoms with E-state index >= 15 is 0 Å². The molecule has 1 aromatic heterocycles. The van der Waals surface area contributed by atoms with E-state index in [9.17, 15) is 9.59 Å². The van der Waals surface area contributed by atoms with Crippen molar-refractivity contribution < 1.29 is 4.79 Å². The van der Waals surface area contributed by atoms with E-state index in [2.05, 4.69) is 5.32 Å². The Balaban J connectivity index is 2.23. The number of amides is 1. The van der Waals surface area contributed by atoms with E-state index in [0.29, 0.717) is 5.69 Å². The van der Waals surface area contributed by atoms with E-state index in [1.54, 1.807) is 13.0 Å². The number of nitrogens with zero attached hydrogens (tertiary/aromatic N) is 2. The van der Waals surface area contributed by atoms with Gasteiger partial charge in [0.05, 0.1) is 0 Å². The van der Waals surface area contributed by atoms with Crippen LogP contribution in [-0.2, 0) is 11.3 Å². The maximum atomic E-state index is 12.2. The number of aryl methyl sites for hydroxylation is 3. The Morgan fingerprint density at radius 1 is 1.23 bits per heavy atom. The number of nitriles is 1. The summed E-state index contributed by atoms with van der Waals surface area (Å²) < 4.78 is 1.30. The fourth-order valence-electron chi connectivity index (χ4n) is 2.24. The zero-order chi connectivity index (χ0) is 16.3. The number of anilines is 1. The molecule has 22 heavy (non-hydrogen) atoms. The number of rotatable bonds is 3. The highest BCUT2D eigenvalue weighted by atomic mass is 16.2. The molecule has 1 aromatic carbocycles. The monoisotopic (exact) mass is 295 g/mol. The van der Waals surface area contributed by atoms with Crippen molar-refractivity contribution in [3.05, 3.63) is 63.1 Å². The summed E-state index contributed by atoms with van der Waals surface area (Å²) in [4.78, 5) is 24.3. The zero-order valence-electron chi connectivity index (χ0n) is 12.8. The Labute approximate surface area is 128 Å². The lowest BCUT2D eigenvalue weighted by molar-refractivity contribution is -0.116. The number of hydrogen-bond acceptors (Lipinski definition) is 3. The first-order valence-corrected chi connectivity index (χ1v) is 6.90. The van der Waals surface area contributed by atoms with E-state index in [4.69, 9.17) is 5.26 Å². The van der Waals surface area contributed by atoms with Crippen LogP contribution in [0.4, 0.5) is 5.69 Å². The van der Waals surface area contributed by atoms with Gasteiger partial charge in [-0.3, -0.25) is 9.59 Å². The summed E-state index contributed by atoms with van der Waals surface area (Å²) in [6, 6.07) is 10.7. The summed E-state index contributed by atoms with van der Waals surface area (Å²) in [6.07, 6.45) is 0. The van der Waals surface area contributed by atoms with Crippen molar-refractivity contribution in [3.8, 4) is 6.07 Å². The molecule has 2 aromatic rings. The Kier molecular flexibility index (Phi) is 4.42. The maximum Gasteiger partial charge on any atom is 0.269 e. The highest BCUT2D eigenvalue weighted by molar-refractivity contribution is 5.91. The third-order valence-electron chi connectivity index (χ3n) is 3.47. The predicted octanol–water partition coefficient (Wildman–Crippen LogP) is 2.28. The van der Waals surface area contributed by atoms with Crippen LogP contribution in [0.3, 0.4) is 0 Å². The van der Waals surface area contributed by atoms with Gasteiger partial charge >= 0.3 is 0 Å². The second-order valence-electron chi connectivity index (χ2n) is 5.26. The van der Waals surface area contributed by atoms with Crippen LogP contribution in [0.5, 0.6) is 0 Å². The minimum absolute atomic E-state index is 0.0323. The lowest BCUT2D eigenvalue weighted by Gasteiger charge is -2.12. The summed E-state index contributed by atoms with van der Waals surface area (Å²) in [5.74, 6) is -0.299. The van der Waals surface area contributed by atoms with Crippen LogP contribution in [0.15, 0.2) is 35.1 Å². The highest BCUT2D eigenvalue weighted by Gasteiger charge is 2.11. The summed E-state index contributed by atoms with van der Waals surface area (Å²) in [5.41, 5.74) is 3.02. The molecule has 112 valence electrons. The van der Waals surface area contributed by atoms with Gasteiger partial charge in [-0.25, -0.2) is 0 Å². The molecule has 0 aliphatic carbocycles. The summed E-state index contributed by atoms with van der Waals surface area (Å²) in [6.45, 7) is 5.51. The minimum atomic E-state index is -0.446. The average Bonchev–Trinajstić information content (AvgIpc) is 2.46. The molecule has 0 saturated heterocycles.